The molecule has 2 aliphatic rings. The minimum absolute atomic E-state index is 0.0131. The Balaban J connectivity index is 1.49. The van der Waals surface area contributed by atoms with E-state index in [1.807, 2.05) is 43.9 Å². The molecule has 0 aromatic heterocycles. The van der Waals surface area contributed by atoms with Gasteiger partial charge in [-0.1, -0.05) is 6.07 Å². The van der Waals surface area contributed by atoms with Gasteiger partial charge in [0.25, 0.3) is 0 Å². The molecule has 2 atom stereocenters. The Hall–Kier alpha value is -1.96. The maximum Gasteiger partial charge on any atom is 0.241 e. The van der Waals surface area contributed by atoms with Crippen LogP contribution in [0, 0.1) is 13.8 Å². The van der Waals surface area contributed by atoms with Crippen molar-refractivity contribution in [2.45, 2.75) is 39.8 Å². The molecule has 1 aromatic rings. The molecule has 3 rings (SSSR count). The number of carbonyl (C=O) groups excluding carboxylic acids is 2. The van der Waals surface area contributed by atoms with Gasteiger partial charge >= 0.3 is 0 Å². The fourth-order valence-electron chi connectivity index (χ4n) is 3.95. The Morgan fingerprint density at radius 3 is 2.07 bits per heavy atom. The molecule has 2 heterocycles. The minimum Gasteiger partial charge on any atom is -0.378 e. The predicted octanol–water partition coefficient (Wildman–Crippen LogP) is 1.50. The summed E-state index contributed by atoms with van der Waals surface area (Å²) in [6.45, 7) is 13.8. The summed E-state index contributed by atoms with van der Waals surface area (Å²) in [5.41, 5.74) is 3.23. The van der Waals surface area contributed by atoms with Crippen molar-refractivity contribution in [1.82, 2.24) is 14.7 Å². The van der Waals surface area contributed by atoms with E-state index in [1.54, 1.807) is 0 Å². The molecule has 1 aromatic carbocycles. The molecule has 2 aliphatic heterocycles. The van der Waals surface area contributed by atoms with E-state index < -0.39 is 0 Å². The average Bonchev–Trinajstić information content (AvgIpc) is 2.75. The second kappa shape index (κ2) is 9.69. The van der Waals surface area contributed by atoms with Gasteiger partial charge in [0.2, 0.25) is 11.8 Å². The van der Waals surface area contributed by atoms with Gasteiger partial charge in [0.1, 0.15) is 0 Å². The predicted molar refractivity (Wildman–Crippen MR) is 114 cm³/mol. The van der Waals surface area contributed by atoms with Crippen molar-refractivity contribution in [2.24, 2.45) is 0 Å². The third-order valence-corrected chi connectivity index (χ3v) is 6.28. The highest BCUT2D eigenvalue weighted by molar-refractivity contribution is 5.94. The van der Waals surface area contributed by atoms with Gasteiger partial charge in [-0.25, -0.2) is 0 Å². The zero-order chi connectivity index (χ0) is 21.0. The Morgan fingerprint density at radius 1 is 0.897 bits per heavy atom. The van der Waals surface area contributed by atoms with Gasteiger partial charge in [-0.15, -0.1) is 0 Å². The number of ether oxygens (including phenoxy) is 1. The zero-order valence-electron chi connectivity index (χ0n) is 18.1. The normalized spacial score (nSPS) is 20.9. The van der Waals surface area contributed by atoms with Crippen molar-refractivity contribution in [3.8, 4) is 0 Å². The van der Waals surface area contributed by atoms with E-state index in [2.05, 4.69) is 22.0 Å². The number of hydrogen-bond donors (Lipinski definition) is 1. The lowest BCUT2D eigenvalue weighted by molar-refractivity contribution is -0.141. The number of aryl methyl sites for hydroxylation is 2. The summed E-state index contributed by atoms with van der Waals surface area (Å²) in [5, 5.41) is 3.04. The largest absolute Gasteiger partial charge is 0.378 e. The van der Waals surface area contributed by atoms with Crippen LogP contribution in [0.3, 0.4) is 0 Å². The lowest BCUT2D eigenvalue weighted by Gasteiger charge is -2.41. The van der Waals surface area contributed by atoms with E-state index in [0.717, 1.165) is 31.9 Å². The lowest BCUT2D eigenvalue weighted by Crippen LogP contribution is -2.58. The van der Waals surface area contributed by atoms with Crippen LogP contribution < -0.4 is 5.32 Å². The highest BCUT2D eigenvalue weighted by atomic mass is 16.5. The summed E-state index contributed by atoms with van der Waals surface area (Å²) < 4.78 is 5.34. The van der Waals surface area contributed by atoms with Crippen molar-refractivity contribution in [2.75, 3.05) is 57.8 Å². The smallest absolute Gasteiger partial charge is 0.241 e. The number of rotatable bonds is 5. The van der Waals surface area contributed by atoms with Crippen molar-refractivity contribution in [1.29, 1.82) is 0 Å². The molecule has 160 valence electrons. The van der Waals surface area contributed by atoms with Gasteiger partial charge in [0.15, 0.2) is 0 Å². The summed E-state index contributed by atoms with van der Waals surface area (Å²) in [6, 6.07) is 5.65. The second-order valence-electron chi connectivity index (χ2n) is 8.15. The van der Waals surface area contributed by atoms with E-state index in [1.165, 1.54) is 11.1 Å². The second-order valence-corrected chi connectivity index (χ2v) is 8.15. The maximum absolute atomic E-state index is 12.7. The van der Waals surface area contributed by atoms with Gasteiger partial charge in [-0.2, -0.15) is 0 Å². The summed E-state index contributed by atoms with van der Waals surface area (Å²) in [6.07, 6.45) is 0. The first-order valence-corrected chi connectivity index (χ1v) is 10.6. The van der Waals surface area contributed by atoms with Gasteiger partial charge in [0, 0.05) is 45.0 Å². The van der Waals surface area contributed by atoms with Crippen LogP contribution in [0.5, 0.6) is 0 Å². The van der Waals surface area contributed by atoms with Gasteiger partial charge in [0.05, 0.1) is 25.3 Å². The van der Waals surface area contributed by atoms with E-state index in [4.69, 9.17) is 4.74 Å². The van der Waals surface area contributed by atoms with E-state index >= 15 is 0 Å². The molecular weight excluding hydrogens is 368 g/mol. The monoisotopic (exact) mass is 402 g/mol. The number of anilines is 1. The number of benzene rings is 1. The molecule has 1 N–H and O–H groups in total. The van der Waals surface area contributed by atoms with Crippen LogP contribution in [0.1, 0.15) is 25.0 Å². The molecule has 2 unspecified atom stereocenters. The number of piperazine rings is 1. The average molecular weight is 403 g/mol. The third kappa shape index (κ3) is 5.35. The molecule has 0 radical (unpaired) electrons. The van der Waals surface area contributed by atoms with Crippen LogP contribution >= 0.6 is 0 Å². The molecule has 0 spiro atoms. The highest BCUT2D eigenvalue weighted by Crippen LogP contribution is 2.16. The van der Waals surface area contributed by atoms with Crippen molar-refractivity contribution in [3.05, 3.63) is 29.3 Å². The highest BCUT2D eigenvalue weighted by Gasteiger charge is 2.31. The molecule has 2 amide bonds. The third-order valence-electron chi connectivity index (χ3n) is 6.28. The number of carbonyl (C=O) groups is 2. The lowest BCUT2D eigenvalue weighted by atomic mass is 10.1. The molecular formula is C22H34N4O3. The SMILES string of the molecule is Cc1ccc(NC(=O)C(C)N2CCN(C(C)C(=O)N3CCOCC3)CC2)cc1C. The minimum atomic E-state index is -0.205. The quantitative estimate of drug-likeness (QED) is 0.809. The molecule has 7 heteroatoms. The summed E-state index contributed by atoms with van der Waals surface area (Å²) in [4.78, 5) is 31.7. The Bertz CT molecular complexity index is 725. The maximum atomic E-state index is 12.7. The fourth-order valence-corrected chi connectivity index (χ4v) is 3.95. The van der Waals surface area contributed by atoms with Crippen LogP contribution in [-0.4, -0.2) is 91.1 Å². The van der Waals surface area contributed by atoms with Crippen LogP contribution in [0.2, 0.25) is 0 Å². The molecule has 0 bridgehead atoms. The first-order chi connectivity index (χ1) is 13.9. The van der Waals surface area contributed by atoms with Crippen molar-refractivity contribution < 1.29 is 14.3 Å². The Kier molecular flexibility index (Phi) is 7.27. The van der Waals surface area contributed by atoms with E-state index in [9.17, 15) is 9.59 Å². The van der Waals surface area contributed by atoms with Crippen molar-refractivity contribution in [3.63, 3.8) is 0 Å². The molecule has 2 saturated heterocycles. The van der Waals surface area contributed by atoms with Crippen LogP contribution in [0.4, 0.5) is 5.69 Å². The van der Waals surface area contributed by atoms with Crippen LogP contribution in [0.25, 0.3) is 0 Å². The number of nitrogens with zero attached hydrogens (tertiary/aromatic N) is 3. The molecule has 2 fully saturated rings. The first-order valence-electron chi connectivity index (χ1n) is 10.6. The van der Waals surface area contributed by atoms with E-state index in [-0.39, 0.29) is 23.9 Å². The fraction of sp³-hybridized carbons (Fsp3) is 0.636. The van der Waals surface area contributed by atoms with Crippen LogP contribution in [-0.2, 0) is 14.3 Å². The topological polar surface area (TPSA) is 65.1 Å². The van der Waals surface area contributed by atoms with Crippen molar-refractivity contribution >= 4 is 17.5 Å². The summed E-state index contributed by atoms with van der Waals surface area (Å²) >= 11 is 0. The standard InChI is InChI=1S/C22H34N4O3/c1-16-5-6-20(15-17(16)2)23-21(27)18(3)24-7-9-25(10-8-24)19(4)22(28)26-11-13-29-14-12-26/h5-6,15,18-19H,7-14H2,1-4H3,(H,23,27). The van der Waals surface area contributed by atoms with Crippen LogP contribution in [0.15, 0.2) is 18.2 Å². The summed E-state index contributed by atoms with van der Waals surface area (Å²) in [5.74, 6) is 0.196. The molecule has 29 heavy (non-hydrogen) atoms. The van der Waals surface area contributed by atoms with Gasteiger partial charge in [-0.05, 0) is 51.0 Å². The molecule has 7 nitrogen and oxygen atoms in total. The number of amides is 2. The zero-order valence-corrected chi connectivity index (χ0v) is 18.1. The number of morpholine rings is 1. The molecule has 0 saturated carbocycles. The summed E-state index contributed by atoms with van der Waals surface area (Å²) in [7, 11) is 0. The van der Waals surface area contributed by atoms with E-state index in [0.29, 0.717) is 26.3 Å². The molecule has 0 aliphatic carbocycles. The number of hydrogen-bond acceptors (Lipinski definition) is 5. The Morgan fingerprint density at radius 2 is 1.48 bits per heavy atom. The van der Waals surface area contributed by atoms with Gasteiger partial charge in [-0.3, -0.25) is 19.4 Å². The Labute approximate surface area is 174 Å². The number of nitrogens with one attached hydrogen (secondary N) is 1. The van der Waals surface area contributed by atoms with Gasteiger partial charge < -0.3 is 15.0 Å². The first kappa shape index (κ1) is 21.7.